The van der Waals surface area contributed by atoms with Crippen molar-refractivity contribution in [2.24, 2.45) is 0 Å². The second-order valence-electron chi connectivity index (χ2n) is 9.44. The van der Waals surface area contributed by atoms with Crippen LogP contribution in [-0.4, -0.2) is 49.1 Å². The maximum Gasteiger partial charge on any atom is 0.478 e. The highest BCUT2D eigenvalue weighted by atomic mass is 31.3. The van der Waals surface area contributed by atoms with E-state index < -0.39 is 32.8 Å². The predicted octanol–water partition coefficient (Wildman–Crippen LogP) is 4.49. The van der Waals surface area contributed by atoms with E-state index in [-0.39, 0.29) is 13.2 Å². The molecular weight excluding hydrogens is 582 g/mol. The van der Waals surface area contributed by atoms with Crippen LogP contribution in [0.15, 0.2) is 121 Å². The molecule has 2 unspecified atom stereocenters. The highest BCUT2D eigenvalue weighted by molar-refractivity contribution is 7.60. The van der Waals surface area contributed by atoms with Crippen molar-refractivity contribution in [3.05, 3.63) is 144 Å². The molecule has 10 nitrogen and oxygen atoms in total. The van der Waals surface area contributed by atoms with Gasteiger partial charge < -0.3 is 34.5 Å². The summed E-state index contributed by atoms with van der Waals surface area (Å²) in [6.07, 6.45) is -0.416. The van der Waals surface area contributed by atoms with Gasteiger partial charge in [0, 0.05) is 0 Å². The quantitative estimate of drug-likeness (QED) is 0.104. The first kappa shape index (κ1) is 33.5. The Labute approximate surface area is 244 Å². The first-order chi connectivity index (χ1) is 19.8. The number of benzene rings is 4. The first-order valence-corrected chi connectivity index (χ1v) is 15.9. The van der Waals surface area contributed by atoms with E-state index in [1.54, 1.807) is 6.92 Å². The normalized spacial score (nSPS) is 14.3. The van der Waals surface area contributed by atoms with Crippen LogP contribution >= 0.6 is 15.6 Å². The highest BCUT2D eigenvalue weighted by Gasteiger charge is 2.55. The first-order valence-electron chi connectivity index (χ1n) is 12.8. The highest BCUT2D eigenvalue weighted by Crippen LogP contribution is 2.54. The van der Waals surface area contributed by atoms with E-state index in [4.69, 9.17) is 24.3 Å². The molecule has 4 aromatic rings. The van der Waals surface area contributed by atoms with Crippen LogP contribution < -0.4 is 0 Å². The molecule has 0 aliphatic rings. The van der Waals surface area contributed by atoms with Crippen LogP contribution in [0.2, 0.25) is 0 Å². The van der Waals surface area contributed by atoms with Crippen LogP contribution in [0.1, 0.15) is 29.2 Å². The molecule has 2 atom stereocenters. The average Bonchev–Trinajstić information content (AvgIpc) is 2.97. The average molecular weight is 617 g/mol. The fourth-order valence-corrected chi connectivity index (χ4v) is 5.97. The van der Waals surface area contributed by atoms with E-state index in [1.807, 2.05) is 84.9 Å². The van der Waals surface area contributed by atoms with Crippen LogP contribution in [0.4, 0.5) is 0 Å². The Hall–Kier alpha value is -2.98. The third kappa shape index (κ3) is 8.31. The van der Waals surface area contributed by atoms with Crippen molar-refractivity contribution in [3.63, 3.8) is 0 Å². The number of aliphatic hydroxyl groups excluding tert-OH is 1. The summed E-state index contributed by atoms with van der Waals surface area (Å²) in [6.45, 7) is 1.68. The van der Waals surface area contributed by atoms with Crippen molar-refractivity contribution in [3.8, 4) is 0 Å². The van der Waals surface area contributed by atoms with Crippen molar-refractivity contribution in [2.75, 3.05) is 13.2 Å². The van der Waals surface area contributed by atoms with Crippen molar-refractivity contribution in [2.45, 2.75) is 24.0 Å². The van der Waals surface area contributed by atoms with Gasteiger partial charge in [0.1, 0.15) is 5.60 Å². The fourth-order valence-electron chi connectivity index (χ4n) is 4.86. The van der Waals surface area contributed by atoms with E-state index in [2.05, 4.69) is 40.7 Å². The van der Waals surface area contributed by atoms with Crippen molar-refractivity contribution in [1.82, 2.24) is 0 Å². The Bertz CT molecular complexity index is 1340. The van der Waals surface area contributed by atoms with Crippen LogP contribution in [0.25, 0.3) is 0 Å². The van der Waals surface area contributed by atoms with Crippen molar-refractivity contribution in [1.29, 1.82) is 0 Å². The Morgan fingerprint density at radius 1 is 0.619 bits per heavy atom. The van der Waals surface area contributed by atoms with Gasteiger partial charge in [-0.3, -0.25) is 0 Å². The third-order valence-corrected chi connectivity index (χ3v) is 8.24. The molecule has 4 rings (SSSR count). The van der Waals surface area contributed by atoms with E-state index in [0.29, 0.717) is 0 Å². The number of aliphatic hydroxyl groups is 2. The van der Waals surface area contributed by atoms with Gasteiger partial charge in [-0.05, 0) is 29.2 Å². The van der Waals surface area contributed by atoms with Gasteiger partial charge in [0.25, 0.3) is 0 Å². The second-order valence-corrected chi connectivity index (χ2v) is 12.1. The standard InChI is InChI=1S/C30H30O3.H4O7P2/c1-24(22-31)33-23-29(32,25-14-6-2-7-15-25)30(26-16-8-3-9-17-26,27-18-10-4-11-19-27)28-20-12-5-13-21-28;1-8(2,3)7-9(4,5)6/h2-21,24,31-32H,22-23H2,1H3;(H2,1,2,3)(H2,4,5,6). The molecule has 0 fully saturated rings. The number of phosphoric acid groups is 2. The molecule has 0 amide bonds. The summed E-state index contributed by atoms with van der Waals surface area (Å²) >= 11 is 0. The maximum absolute atomic E-state index is 12.9. The van der Waals surface area contributed by atoms with Gasteiger partial charge in [0.2, 0.25) is 0 Å². The van der Waals surface area contributed by atoms with Gasteiger partial charge in [0.05, 0.1) is 24.7 Å². The summed E-state index contributed by atoms with van der Waals surface area (Å²) in [4.78, 5) is 31.0. The minimum atomic E-state index is -5.05. The smallest absolute Gasteiger partial charge is 0.394 e. The molecule has 0 saturated heterocycles. The molecule has 0 radical (unpaired) electrons. The van der Waals surface area contributed by atoms with E-state index in [1.165, 1.54) is 0 Å². The summed E-state index contributed by atoms with van der Waals surface area (Å²) < 4.78 is 28.3. The molecule has 0 aliphatic carbocycles. The summed E-state index contributed by atoms with van der Waals surface area (Å²) in [5, 5.41) is 22.5. The zero-order valence-corrected chi connectivity index (χ0v) is 24.5. The molecule has 0 aliphatic heterocycles. The van der Waals surface area contributed by atoms with Gasteiger partial charge in [-0.1, -0.05) is 121 Å². The number of ether oxygens (including phenoxy) is 1. The predicted molar refractivity (Wildman–Crippen MR) is 157 cm³/mol. The van der Waals surface area contributed by atoms with Crippen LogP contribution in [0.5, 0.6) is 0 Å². The Morgan fingerprint density at radius 3 is 1.19 bits per heavy atom. The Morgan fingerprint density at radius 2 is 0.929 bits per heavy atom. The molecular formula is C30H34O10P2. The van der Waals surface area contributed by atoms with E-state index >= 15 is 0 Å². The SMILES string of the molecule is CC(CO)OCC(O)(c1ccccc1)C(c1ccccc1)(c1ccccc1)c1ccccc1.O=P(O)(O)OP(=O)(O)O. The molecule has 0 spiro atoms. The topological polar surface area (TPSA) is 174 Å². The molecule has 6 N–H and O–H groups in total. The molecule has 0 saturated carbocycles. The second kappa shape index (κ2) is 14.5. The minimum absolute atomic E-state index is 0.00256. The van der Waals surface area contributed by atoms with Crippen LogP contribution in [0, 0.1) is 0 Å². The van der Waals surface area contributed by atoms with Gasteiger partial charge >= 0.3 is 15.6 Å². The number of rotatable bonds is 11. The molecule has 12 heteroatoms. The number of hydrogen-bond acceptors (Lipinski definition) is 6. The lowest BCUT2D eigenvalue weighted by atomic mass is 9.57. The van der Waals surface area contributed by atoms with Gasteiger partial charge in [0.15, 0.2) is 0 Å². The fraction of sp³-hybridized carbons (Fsp3) is 0.200. The zero-order valence-electron chi connectivity index (χ0n) is 22.7. The molecule has 4 aromatic carbocycles. The van der Waals surface area contributed by atoms with Crippen molar-refractivity contribution < 1.29 is 48.0 Å². The minimum Gasteiger partial charge on any atom is -0.394 e. The molecule has 0 heterocycles. The Kier molecular flexibility index (Phi) is 11.5. The summed E-state index contributed by atoms with van der Waals surface area (Å²) in [5.41, 5.74) is 1.14. The van der Waals surface area contributed by atoms with Crippen LogP contribution in [0.3, 0.4) is 0 Å². The van der Waals surface area contributed by atoms with Gasteiger partial charge in [-0.2, -0.15) is 4.31 Å². The molecule has 0 bridgehead atoms. The summed E-state index contributed by atoms with van der Waals surface area (Å²) in [6, 6.07) is 40.0. The van der Waals surface area contributed by atoms with Gasteiger partial charge in [-0.15, -0.1) is 0 Å². The van der Waals surface area contributed by atoms with E-state index in [0.717, 1.165) is 22.3 Å². The Balaban J connectivity index is 0.000000467. The molecule has 224 valence electrons. The largest absolute Gasteiger partial charge is 0.478 e. The maximum atomic E-state index is 12.9. The van der Waals surface area contributed by atoms with Crippen LogP contribution in [-0.2, 0) is 29.2 Å². The number of hydrogen-bond donors (Lipinski definition) is 6. The van der Waals surface area contributed by atoms with E-state index in [9.17, 15) is 19.3 Å². The summed E-state index contributed by atoms with van der Waals surface area (Å²) in [7, 11) is -10.1. The third-order valence-electron chi connectivity index (χ3n) is 6.54. The molecule has 42 heavy (non-hydrogen) atoms. The lowest BCUT2D eigenvalue weighted by Crippen LogP contribution is -2.54. The zero-order chi connectivity index (χ0) is 30.9. The van der Waals surface area contributed by atoms with Gasteiger partial charge in [-0.25, -0.2) is 9.13 Å². The lowest BCUT2D eigenvalue weighted by Gasteiger charge is -2.49. The van der Waals surface area contributed by atoms with Crippen molar-refractivity contribution >= 4 is 15.6 Å². The summed E-state index contributed by atoms with van der Waals surface area (Å²) in [5.74, 6) is 0. The molecule has 0 aromatic heterocycles. The monoisotopic (exact) mass is 616 g/mol. The lowest BCUT2D eigenvalue weighted by molar-refractivity contribution is -0.109.